The van der Waals surface area contributed by atoms with E-state index in [0.717, 1.165) is 38.0 Å². The number of rotatable bonds is 7. The van der Waals surface area contributed by atoms with E-state index in [4.69, 9.17) is 0 Å². The largest absolute Gasteiger partial charge is 0.481 e. The molecule has 4 heteroatoms. The first-order valence-electron chi connectivity index (χ1n) is 8.12. The lowest BCUT2D eigenvalue weighted by Gasteiger charge is -2.27. The SMILES string of the molecule is O=C(CC1(C(=O)O)CCCCCC1)NCCCC1CC1. The van der Waals surface area contributed by atoms with Gasteiger partial charge in [0.2, 0.25) is 5.91 Å². The second-order valence-corrected chi connectivity index (χ2v) is 6.61. The Morgan fingerprint density at radius 3 is 2.30 bits per heavy atom. The molecule has 114 valence electrons. The quantitative estimate of drug-likeness (QED) is 0.556. The molecule has 4 nitrogen and oxygen atoms in total. The third kappa shape index (κ3) is 4.50. The van der Waals surface area contributed by atoms with Crippen molar-refractivity contribution in [1.29, 1.82) is 0 Å². The van der Waals surface area contributed by atoms with Gasteiger partial charge in [0.25, 0.3) is 0 Å². The zero-order chi connectivity index (χ0) is 14.4. The second-order valence-electron chi connectivity index (χ2n) is 6.61. The van der Waals surface area contributed by atoms with Crippen molar-refractivity contribution in [1.82, 2.24) is 5.32 Å². The maximum atomic E-state index is 12.0. The first kappa shape index (κ1) is 15.3. The summed E-state index contributed by atoms with van der Waals surface area (Å²) >= 11 is 0. The average molecular weight is 281 g/mol. The van der Waals surface area contributed by atoms with Crippen molar-refractivity contribution in [2.75, 3.05) is 6.54 Å². The van der Waals surface area contributed by atoms with Gasteiger partial charge in [-0.25, -0.2) is 0 Å². The van der Waals surface area contributed by atoms with Crippen LogP contribution in [0, 0.1) is 11.3 Å². The Morgan fingerprint density at radius 2 is 1.75 bits per heavy atom. The van der Waals surface area contributed by atoms with Gasteiger partial charge >= 0.3 is 5.97 Å². The number of carbonyl (C=O) groups is 2. The predicted molar refractivity (Wildman–Crippen MR) is 77.4 cm³/mol. The van der Waals surface area contributed by atoms with Crippen LogP contribution in [0.15, 0.2) is 0 Å². The minimum atomic E-state index is -0.808. The van der Waals surface area contributed by atoms with E-state index in [1.54, 1.807) is 0 Å². The molecule has 1 amide bonds. The Hall–Kier alpha value is -1.06. The second kappa shape index (κ2) is 7.09. The molecule has 2 aliphatic carbocycles. The summed E-state index contributed by atoms with van der Waals surface area (Å²) in [6.07, 6.45) is 10.4. The third-order valence-corrected chi connectivity index (χ3v) is 4.82. The summed E-state index contributed by atoms with van der Waals surface area (Å²) < 4.78 is 0. The lowest BCUT2D eigenvalue weighted by atomic mass is 9.77. The van der Waals surface area contributed by atoms with Gasteiger partial charge in [-0.1, -0.05) is 38.5 Å². The number of amides is 1. The fourth-order valence-corrected chi connectivity index (χ4v) is 3.27. The van der Waals surface area contributed by atoms with E-state index in [9.17, 15) is 14.7 Å². The van der Waals surface area contributed by atoms with Crippen molar-refractivity contribution in [3.05, 3.63) is 0 Å². The molecule has 2 N–H and O–H groups in total. The van der Waals surface area contributed by atoms with Gasteiger partial charge in [-0.05, 0) is 31.6 Å². The minimum Gasteiger partial charge on any atom is -0.481 e. The summed E-state index contributed by atoms with van der Waals surface area (Å²) in [6, 6.07) is 0. The van der Waals surface area contributed by atoms with Crippen molar-refractivity contribution >= 4 is 11.9 Å². The molecule has 2 aliphatic rings. The topological polar surface area (TPSA) is 66.4 Å². The zero-order valence-corrected chi connectivity index (χ0v) is 12.3. The molecular formula is C16H27NO3. The lowest BCUT2D eigenvalue weighted by molar-refractivity contribution is -0.152. The number of hydrogen-bond acceptors (Lipinski definition) is 2. The number of aliphatic carboxylic acids is 1. The van der Waals surface area contributed by atoms with Crippen LogP contribution in [0.4, 0.5) is 0 Å². The van der Waals surface area contributed by atoms with E-state index in [-0.39, 0.29) is 12.3 Å². The average Bonchev–Trinajstić information content (AvgIpc) is 3.22. The first-order chi connectivity index (χ1) is 9.62. The zero-order valence-electron chi connectivity index (χ0n) is 12.3. The van der Waals surface area contributed by atoms with Crippen molar-refractivity contribution < 1.29 is 14.7 Å². The molecule has 0 aromatic heterocycles. The summed E-state index contributed by atoms with van der Waals surface area (Å²) in [5.41, 5.74) is -0.808. The van der Waals surface area contributed by atoms with Gasteiger partial charge in [-0.15, -0.1) is 0 Å². The number of carbonyl (C=O) groups excluding carboxylic acids is 1. The van der Waals surface area contributed by atoms with Crippen LogP contribution in [-0.2, 0) is 9.59 Å². The summed E-state index contributed by atoms with van der Waals surface area (Å²) in [6.45, 7) is 0.699. The van der Waals surface area contributed by atoms with Crippen LogP contribution < -0.4 is 5.32 Å². The molecule has 0 atom stereocenters. The Kier molecular flexibility index (Phi) is 5.44. The highest BCUT2D eigenvalue weighted by molar-refractivity contribution is 5.85. The van der Waals surface area contributed by atoms with Gasteiger partial charge in [-0.2, -0.15) is 0 Å². The Balaban J connectivity index is 1.76. The maximum Gasteiger partial charge on any atom is 0.310 e. The van der Waals surface area contributed by atoms with E-state index in [0.29, 0.717) is 19.4 Å². The predicted octanol–water partition coefficient (Wildman–Crippen LogP) is 3.11. The molecule has 2 rings (SSSR count). The van der Waals surface area contributed by atoms with Crippen molar-refractivity contribution in [3.63, 3.8) is 0 Å². The van der Waals surface area contributed by atoms with Gasteiger partial charge in [0, 0.05) is 13.0 Å². The smallest absolute Gasteiger partial charge is 0.310 e. The molecule has 0 bridgehead atoms. The lowest BCUT2D eigenvalue weighted by Crippen LogP contribution is -2.37. The summed E-state index contributed by atoms with van der Waals surface area (Å²) in [5.74, 6) is 0.0248. The Morgan fingerprint density at radius 1 is 1.10 bits per heavy atom. The fourth-order valence-electron chi connectivity index (χ4n) is 3.27. The first-order valence-corrected chi connectivity index (χ1v) is 8.12. The molecule has 20 heavy (non-hydrogen) atoms. The number of carboxylic acid groups (broad SMARTS) is 1. The Labute approximate surface area is 121 Å². The van der Waals surface area contributed by atoms with Crippen molar-refractivity contribution in [3.8, 4) is 0 Å². The number of carboxylic acids is 1. The number of nitrogens with one attached hydrogen (secondary N) is 1. The monoisotopic (exact) mass is 281 g/mol. The molecule has 0 unspecified atom stereocenters. The molecule has 0 aromatic rings. The van der Waals surface area contributed by atoms with Crippen LogP contribution in [0.1, 0.15) is 70.6 Å². The van der Waals surface area contributed by atoms with E-state index in [1.807, 2.05) is 0 Å². The molecule has 0 radical (unpaired) electrons. The van der Waals surface area contributed by atoms with E-state index in [2.05, 4.69) is 5.32 Å². The highest BCUT2D eigenvalue weighted by atomic mass is 16.4. The van der Waals surface area contributed by atoms with Crippen molar-refractivity contribution in [2.45, 2.75) is 70.6 Å². The molecule has 0 saturated heterocycles. The minimum absolute atomic E-state index is 0.0786. The fraction of sp³-hybridized carbons (Fsp3) is 0.875. The highest BCUT2D eigenvalue weighted by Gasteiger charge is 2.40. The van der Waals surface area contributed by atoms with Crippen LogP contribution in [-0.4, -0.2) is 23.5 Å². The number of hydrogen-bond donors (Lipinski definition) is 2. The van der Waals surface area contributed by atoms with Gasteiger partial charge in [-0.3, -0.25) is 9.59 Å². The van der Waals surface area contributed by atoms with Crippen LogP contribution in [0.5, 0.6) is 0 Å². The van der Waals surface area contributed by atoms with Crippen LogP contribution in [0.25, 0.3) is 0 Å². The standard InChI is InChI=1S/C16H27NO3/c18-14(17-11-5-6-13-7-8-13)12-16(15(19)20)9-3-1-2-4-10-16/h13H,1-12H2,(H,17,18)(H,19,20). The molecular weight excluding hydrogens is 254 g/mol. The summed E-state index contributed by atoms with van der Waals surface area (Å²) in [4.78, 5) is 23.6. The van der Waals surface area contributed by atoms with Crippen LogP contribution in [0.3, 0.4) is 0 Å². The summed E-state index contributed by atoms with van der Waals surface area (Å²) in [7, 11) is 0. The van der Waals surface area contributed by atoms with Gasteiger partial charge in [0.05, 0.1) is 5.41 Å². The summed E-state index contributed by atoms with van der Waals surface area (Å²) in [5, 5.41) is 12.4. The molecule has 0 aliphatic heterocycles. The van der Waals surface area contributed by atoms with Crippen LogP contribution in [0.2, 0.25) is 0 Å². The van der Waals surface area contributed by atoms with Gasteiger partial charge in [0.1, 0.15) is 0 Å². The van der Waals surface area contributed by atoms with Crippen molar-refractivity contribution in [2.24, 2.45) is 11.3 Å². The molecule has 0 spiro atoms. The molecule has 2 fully saturated rings. The van der Waals surface area contributed by atoms with Crippen LogP contribution >= 0.6 is 0 Å². The Bertz CT molecular complexity index is 342. The maximum absolute atomic E-state index is 12.0. The third-order valence-electron chi connectivity index (χ3n) is 4.82. The molecule has 0 aromatic carbocycles. The van der Waals surface area contributed by atoms with E-state index in [1.165, 1.54) is 19.3 Å². The van der Waals surface area contributed by atoms with E-state index >= 15 is 0 Å². The molecule has 2 saturated carbocycles. The normalized spacial score (nSPS) is 22.0. The molecule has 0 heterocycles. The van der Waals surface area contributed by atoms with Gasteiger partial charge in [0.15, 0.2) is 0 Å². The van der Waals surface area contributed by atoms with Gasteiger partial charge < -0.3 is 10.4 Å². The highest BCUT2D eigenvalue weighted by Crippen LogP contribution is 2.38. The van der Waals surface area contributed by atoms with E-state index < -0.39 is 11.4 Å².